The molecule has 1 fully saturated rings. The van der Waals surface area contributed by atoms with E-state index in [1.165, 1.54) is 0 Å². The van der Waals surface area contributed by atoms with E-state index in [2.05, 4.69) is 4.90 Å². The Bertz CT molecular complexity index is 586. The Morgan fingerprint density at radius 2 is 2.00 bits per heavy atom. The summed E-state index contributed by atoms with van der Waals surface area (Å²) in [7, 11) is -1.43. The van der Waals surface area contributed by atoms with Gasteiger partial charge in [-0.05, 0) is 57.6 Å². The van der Waals surface area contributed by atoms with Crippen molar-refractivity contribution >= 4 is 15.7 Å². The van der Waals surface area contributed by atoms with Crippen LogP contribution in [0.2, 0.25) is 0 Å². The van der Waals surface area contributed by atoms with E-state index in [9.17, 15) is 8.42 Å². The Kier molecular flexibility index (Phi) is 4.36. The molecule has 6 heteroatoms. The molecule has 2 N–H and O–H groups in total. The zero-order chi connectivity index (χ0) is 14.9. The Balaban J connectivity index is 2.38. The Hall–Kier alpha value is -1.11. The molecule has 0 spiro atoms. The topological polar surface area (TPSA) is 66.6 Å². The third kappa shape index (κ3) is 2.97. The first-order valence-electron chi connectivity index (χ1n) is 6.89. The molecule has 1 aromatic rings. The first-order valence-corrected chi connectivity index (χ1v) is 8.33. The number of hydrogen-bond acceptors (Lipinski definition) is 4. The Labute approximate surface area is 121 Å². The smallest absolute Gasteiger partial charge is 0.243 e. The van der Waals surface area contributed by atoms with Crippen LogP contribution in [0.25, 0.3) is 0 Å². The molecule has 0 aliphatic carbocycles. The number of nitrogens with two attached hydrogens (primary N) is 1. The molecule has 1 saturated heterocycles. The van der Waals surface area contributed by atoms with Crippen LogP contribution in [0.5, 0.6) is 0 Å². The van der Waals surface area contributed by atoms with Gasteiger partial charge in [-0.15, -0.1) is 0 Å². The van der Waals surface area contributed by atoms with Gasteiger partial charge in [0.25, 0.3) is 0 Å². The van der Waals surface area contributed by atoms with E-state index in [0.717, 1.165) is 19.5 Å². The number of sulfonamides is 1. The maximum atomic E-state index is 12.9. The van der Waals surface area contributed by atoms with E-state index in [1.807, 2.05) is 14.0 Å². The SMILES string of the molecule is Cc1cc(N)ccc1S(=O)(=O)N1CCCN(C)CC1C. The highest BCUT2D eigenvalue weighted by molar-refractivity contribution is 7.89. The van der Waals surface area contributed by atoms with Crippen molar-refractivity contribution in [2.45, 2.75) is 31.2 Å². The van der Waals surface area contributed by atoms with Gasteiger partial charge in [0, 0.05) is 24.8 Å². The first-order chi connectivity index (χ1) is 9.32. The summed E-state index contributed by atoms with van der Waals surface area (Å²) in [4.78, 5) is 2.54. The third-order valence-electron chi connectivity index (χ3n) is 3.77. The van der Waals surface area contributed by atoms with E-state index in [4.69, 9.17) is 5.73 Å². The second-order valence-corrected chi connectivity index (χ2v) is 7.46. The molecule has 0 radical (unpaired) electrons. The minimum Gasteiger partial charge on any atom is -0.399 e. The highest BCUT2D eigenvalue weighted by atomic mass is 32.2. The van der Waals surface area contributed by atoms with Crippen LogP contribution in [-0.2, 0) is 10.0 Å². The second kappa shape index (κ2) is 5.71. The lowest BCUT2D eigenvalue weighted by Crippen LogP contribution is -2.42. The lowest BCUT2D eigenvalue weighted by Gasteiger charge is -2.27. The lowest BCUT2D eigenvalue weighted by molar-refractivity contribution is 0.290. The Morgan fingerprint density at radius 3 is 2.65 bits per heavy atom. The van der Waals surface area contributed by atoms with Gasteiger partial charge >= 0.3 is 0 Å². The number of nitrogen functional groups attached to an aromatic ring is 1. The molecule has 5 nitrogen and oxygen atoms in total. The molecule has 1 atom stereocenters. The summed E-state index contributed by atoms with van der Waals surface area (Å²) in [6.07, 6.45) is 0.855. The maximum Gasteiger partial charge on any atom is 0.243 e. The number of anilines is 1. The molecule has 20 heavy (non-hydrogen) atoms. The van der Waals surface area contributed by atoms with E-state index in [-0.39, 0.29) is 6.04 Å². The molecule has 1 aliphatic rings. The van der Waals surface area contributed by atoms with Crippen molar-refractivity contribution in [1.29, 1.82) is 0 Å². The number of aryl methyl sites for hydroxylation is 1. The van der Waals surface area contributed by atoms with Crippen molar-refractivity contribution in [3.8, 4) is 0 Å². The number of nitrogens with zero attached hydrogens (tertiary/aromatic N) is 2. The zero-order valence-corrected chi connectivity index (χ0v) is 13.2. The summed E-state index contributed by atoms with van der Waals surface area (Å²) in [5.74, 6) is 0. The van der Waals surface area contributed by atoms with Crippen molar-refractivity contribution in [3.63, 3.8) is 0 Å². The van der Waals surface area contributed by atoms with Crippen molar-refractivity contribution in [2.75, 3.05) is 32.4 Å². The number of benzene rings is 1. The van der Waals surface area contributed by atoms with Crippen molar-refractivity contribution in [2.24, 2.45) is 0 Å². The monoisotopic (exact) mass is 297 g/mol. The Morgan fingerprint density at radius 1 is 1.30 bits per heavy atom. The molecule has 112 valence electrons. The summed E-state index contributed by atoms with van der Waals surface area (Å²) in [6, 6.07) is 4.95. The molecule has 0 amide bonds. The first kappa shape index (κ1) is 15.3. The number of rotatable bonds is 2. The molecule has 1 aliphatic heterocycles. The predicted octanol–water partition coefficient (Wildman–Crippen LogP) is 1.29. The molecular weight excluding hydrogens is 274 g/mol. The van der Waals surface area contributed by atoms with Gasteiger partial charge in [0.05, 0.1) is 4.90 Å². The molecule has 0 saturated carbocycles. The standard InChI is InChI=1S/C14H23N3O2S/c1-11-9-13(15)5-6-14(11)20(18,19)17-8-4-7-16(3)10-12(17)2/h5-6,9,12H,4,7-8,10,15H2,1-3H3. The van der Waals surface area contributed by atoms with Crippen molar-refractivity contribution in [1.82, 2.24) is 9.21 Å². The summed E-state index contributed by atoms with van der Waals surface area (Å²) in [6.45, 7) is 6.01. The van der Waals surface area contributed by atoms with Crippen molar-refractivity contribution in [3.05, 3.63) is 23.8 Å². The van der Waals surface area contributed by atoms with Crippen LogP contribution in [0.15, 0.2) is 23.1 Å². The van der Waals surface area contributed by atoms with Gasteiger partial charge in [-0.2, -0.15) is 4.31 Å². The molecule has 1 aromatic carbocycles. The quantitative estimate of drug-likeness (QED) is 0.835. The lowest BCUT2D eigenvalue weighted by atomic mass is 10.2. The van der Waals surface area contributed by atoms with E-state index in [1.54, 1.807) is 29.4 Å². The van der Waals surface area contributed by atoms with Crippen LogP contribution >= 0.6 is 0 Å². The maximum absolute atomic E-state index is 12.9. The molecule has 0 bridgehead atoms. The molecule has 1 heterocycles. The highest BCUT2D eigenvalue weighted by Gasteiger charge is 2.32. The van der Waals surface area contributed by atoms with Gasteiger partial charge in [0.2, 0.25) is 10.0 Å². The van der Waals surface area contributed by atoms with Gasteiger partial charge in [-0.3, -0.25) is 0 Å². The van der Waals surface area contributed by atoms with Gasteiger partial charge in [-0.1, -0.05) is 0 Å². The minimum atomic E-state index is -3.45. The average Bonchev–Trinajstić information content (AvgIpc) is 2.49. The van der Waals surface area contributed by atoms with Gasteiger partial charge in [0.1, 0.15) is 0 Å². The van der Waals surface area contributed by atoms with Gasteiger partial charge < -0.3 is 10.6 Å². The van der Waals surface area contributed by atoms with Gasteiger partial charge in [-0.25, -0.2) is 8.42 Å². The normalized spacial score (nSPS) is 22.6. The molecule has 2 rings (SSSR count). The average molecular weight is 297 g/mol. The highest BCUT2D eigenvalue weighted by Crippen LogP contribution is 2.25. The zero-order valence-electron chi connectivity index (χ0n) is 12.3. The van der Waals surface area contributed by atoms with Crippen LogP contribution < -0.4 is 5.73 Å². The van der Waals surface area contributed by atoms with Crippen molar-refractivity contribution < 1.29 is 8.42 Å². The second-order valence-electron chi connectivity index (χ2n) is 5.61. The number of hydrogen-bond donors (Lipinski definition) is 1. The summed E-state index contributed by atoms with van der Waals surface area (Å²) in [5.41, 5.74) is 7.00. The van der Waals surface area contributed by atoms with Crippen LogP contribution in [0, 0.1) is 6.92 Å². The fourth-order valence-corrected chi connectivity index (χ4v) is 4.66. The summed E-state index contributed by atoms with van der Waals surface area (Å²) >= 11 is 0. The number of likely N-dealkylation sites (N-methyl/N-ethyl adjacent to an activating group) is 1. The third-order valence-corrected chi connectivity index (χ3v) is 5.95. The van der Waals surface area contributed by atoms with Crippen LogP contribution in [0.1, 0.15) is 18.9 Å². The fourth-order valence-electron chi connectivity index (χ4n) is 2.80. The summed E-state index contributed by atoms with van der Waals surface area (Å²) < 4.78 is 27.3. The van der Waals surface area contributed by atoms with E-state index >= 15 is 0 Å². The van der Waals surface area contributed by atoms with Crippen LogP contribution in [-0.4, -0.2) is 50.3 Å². The molecule has 1 unspecified atom stereocenters. The minimum absolute atomic E-state index is 0.0237. The summed E-state index contributed by atoms with van der Waals surface area (Å²) in [5, 5.41) is 0. The predicted molar refractivity (Wildman–Crippen MR) is 81.1 cm³/mol. The van der Waals surface area contributed by atoms with Gasteiger partial charge in [0.15, 0.2) is 0 Å². The molecular formula is C14H23N3O2S. The van der Waals surface area contributed by atoms with E-state index in [0.29, 0.717) is 22.7 Å². The van der Waals surface area contributed by atoms with E-state index < -0.39 is 10.0 Å². The van der Waals surface area contributed by atoms with Crippen LogP contribution in [0.4, 0.5) is 5.69 Å². The molecule has 0 aromatic heterocycles. The fraction of sp³-hybridized carbons (Fsp3) is 0.571. The largest absolute Gasteiger partial charge is 0.399 e. The van der Waals surface area contributed by atoms with Crippen LogP contribution in [0.3, 0.4) is 0 Å².